The van der Waals surface area contributed by atoms with Crippen molar-refractivity contribution in [1.82, 2.24) is 4.98 Å². The lowest BCUT2D eigenvalue weighted by Crippen LogP contribution is -2.19. The zero-order valence-corrected chi connectivity index (χ0v) is 6.18. The van der Waals surface area contributed by atoms with Gasteiger partial charge in [0.2, 0.25) is 0 Å². The maximum atomic E-state index is 11.6. The number of halogens is 3. The number of H-pyrrole nitrogens is 1. The first kappa shape index (κ1) is 9.43. The number of rotatable bonds is 1. The van der Waals surface area contributed by atoms with E-state index in [4.69, 9.17) is 5.73 Å². The fraction of sp³-hybridized carbons (Fsp3) is 0.167. The number of nitrogens with one attached hydrogen (secondary N) is 1. The summed E-state index contributed by atoms with van der Waals surface area (Å²) in [6, 6.07) is 0.798. The lowest BCUT2D eigenvalue weighted by atomic mass is 10.4. The second-order valence-corrected chi connectivity index (χ2v) is 2.17. The number of ether oxygens (including phenoxy) is 1. The van der Waals surface area contributed by atoms with Crippen LogP contribution in [0.25, 0.3) is 0 Å². The molecular formula is C6H5F3N2O2. The minimum Gasteiger partial charge on any atom is -0.404 e. The Kier molecular flexibility index (Phi) is 2.18. The number of hydrogen-bond donors (Lipinski definition) is 2. The lowest BCUT2D eigenvalue weighted by Gasteiger charge is -2.07. The summed E-state index contributed by atoms with van der Waals surface area (Å²) in [4.78, 5) is 12.6. The van der Waals surface area contributed by atoms with Gasteiger partial charge in [-0.05, 0) is 0 Å². The molecule has 13 heavy (non-hydrogen) atoms. The van der Waals surface area contributed by atoms with Crippen LogP contribution in [0, 0.1) is 0 Å². The van der Waals surface area contributed by atoms with Crippen molar-refractivity contribution < 1.29 is 17.9 Å². The molecule has 1 heterocycles. The van der Waals surface area contributed by atoms with E-state index in [-0.39, 0.29) is 5.69 Å². The second-order valence-electron chi connectivity index (χ2n) is 2.17. The van der Waals surface area contributed by atoms with Gasteiger partial charge in [-0.25, -0.2) is 0 Å². The molecule has 0 atom stereocenters. The molecule has 0 saturated heterocycles. The number of pyridine rings is 1. The summed E-state index contributed by atoms with van der Waals surface area (Å²) < 4.78 is 38.3. The van der Waals surface area contributed by atoms with Crippen molar-refractivity contribution in [3.8, 4) is 5.75 Å². The fourth-order valence-electron chi connectivity index (χ4n) is 0.673. The third kappa shape index (κ3) is 2.69. The van der Waals surface area contributed by atoms with E-state index in [2.05, 4.69) is 4.74 Å². The highest BCUT2D eigenvalue weighted by Crippen LogP contribution is 2.21. The number of hydrogen-bond acceptors (Lipinski definition) is 3. The van der Waals surface area contributed by atoms with Gasteiger partial charge in [0.1, 0.15) is 11.4 Å². The van der Waals surface area contributed by atoms with E-state index in [0.717, 1.165) is 12.3 Å². The van der Waals surface area contributed by atoms with Gasteiger partial charge in [-0.2, -0.15) is 0 Å². The van der Waals surface area contributed by atoms with Gasteiger partial charge in [0.05, 0.1) is 0 Å². The highest BCUT2D eigenvalue weighted by Gasteiger charge is 2.31. The van der Waals surface area contributed by atoms with Crippen molar-refractivity contribution in [2.45, 2.75) is 6.36 Å². The van der Waals surface area contributed by atoms with Crippen LogP contribution >= 0.6 is 0 Å². The molecule has 0 amide bonds. The maximum Gasteiger partial charge on any atom is 0.573 e. The van der Waals surface area contributed by atoms with Crippen LogP contribution in [0.4, 0.5) is 18.9 Å². The third-order valence-corrected chi connectivity index (χ3v) is 1.14. The van der Waals surface area contributed by atoms with Crippen LogP contribution in [0.2, 0.25) is 0 Å². The van der Waals surface area contributed by atoms with Gasteiger partial charge in [0, 0.05) is 12.3 Å². The summed E-state index contributed by atoms with van der Waals surface area (Å²) in [7, 11) is 0. The van der Waals surface area contributed by atoms with Crippen LogP contribution in [-0.4, -0.2) is 11.3 Å². The molecule has 0 fully saturated rings. The maximum absolute atomic E-state index is 11.6. The molecular weight excluding hydrogens is 189 g/mol. The molecule has 0 radical (unpaired) electrons. The van der Waals surface area contributed by atoms with Crippen molar-refractivity contribution in [3.63, 3.8) is 0 Å². The molecule has 0 aromatic carbocycles. The van der Waals surface area contributed by atoms with E-state index in [1.807, 2.05) is 4.98 Å². The minimum atomic E-state index is -4.79. The Morgan fingerprint density at radius 2 is 2.08 bits per heavy atom. The molecule has 0 unspecified atom stereocenters. The smallest absolute Gasteiger partial charge is 0.404 e. The molecule has 0 spiro atoms. The molecule has 0 bridgehead atoms. The summed E-state index contributed by atoms with van der Waals surface area (Å²) in [5.41, 5.74) is 4.06. The van der Waals surface area contributed by atoms with E-state index < -0.39 is 17.7 Å². The first-order valence-electron chi connectivity index (χ1n) is 3.12. The number of nitrogens with two attached hydrogens (primary N) is 1. The van der Waals surface area contributed by atoms with E-state index in [1.165, 1.54) is 0 Å². The van der Waals surface area contributed by atoms with Gasteiger partial charge in [-0.3, -0.25) is 4.79 Å². The van der Waals surface area contributed by atoms with Gasteiger partial charge in [0.25, 0.3) is 5.56 Å². The van der Waals surface area contributed by atoms with E-state index in [9.17, 15) is 18.0 Å². The molecule has 4 nitrogen and oxygen atoms in total. The van der Waals surface area contributed by atoms with Gasteiger partial charge in [-0.1, -0.05) is 0 Å². The predicted octanol–water partition coefficient (Wildman–Crippen LogP) is 0.856. The van der Waals surface area contributed by atoms with E-state index in [0.29, 0.717) is 0 Å². The Morgan fingerprint density at radius 3 is 2.54 bits per heavy atom. The number of aromatic nitrogens is 1. The summed E-state index contributed by atoms with van der Waals surface area (Å²) in [5.74, 6) is -0.551. The predicted molar refractivity (Wildman–Crippen MR) is 38.2 cm³/mol. The van der Waals surface area contributed by atoms with Gasteiger partial charge in [-0.15, -0.1) is 13.2 Å². The van der Waals surface area contributed by atoms with Gasteiger partial charge >= 0.3 is 6.36 Å². The zero-order chi connectivity index (χ0) is 10.1. The SMILES string of the molecule is Nc1cc(OC(F)(F)F)c[nH]c1=O. The highest BCUT2D eigenvalue weighted by molar-refractivity contribution is 5.40. The standard InChI is InChI=1S/C6H5F3N2O2/c7-6(8,9)13-3-1-4(10)5(12)11-2-3/h1-2H,10H2,(H,11,12). The number of nitrogen functional groups attached to an aromatic ring is 1. The fourth-order valence-corrected chi connectivity index (χ4v) is 0.673. The van der Waals surface area contributed by atoms with Crippen LogP contribution in [0.5, 0.6) is 5.75 Å². The number of aromatic amines is 1. The summed E-state index contributed by atoms with van der Waals surface area (Å²) in [6.45, 7) is 0. The average molecular weight is 194 g/mol. The van der Waals surface area contributed by atoms with Gasteiger partial charge < -0.3 is 15.5 Å². The number of anilines is 1. The Balaban J connectivity index is 2.92. The van der Waals surface area contributed by atoms with Gasteiger partial charge in [0.15, 0.2) is 0 Å². The number of alkyl halides is 3. The Morgan fingerprint density at radius 1 is 1.46 bits per heavy atom. The van der Waals surface area contributed by atoms with Crippen LogP contribution < -0.4 is 16.0 Å². The quantitative estimate of drug-likeness (QED) is 0.696. The van der Waals surface area contributed by atoms with E-state index in [1.54, 1.807) is 0 Å². The van der Waals surface area contributed by atoms with Crippen molar-refractivity contribution in [1.29, 1.82) is 0 Å². The van der Waals surface area contributed by atoms with Crippen molar-refractivity contribution >= 4 is 5.69 Å². The van der Waals surface area contributed by atoms with Crippen LogP contribution in [0.15, 0.2) is 17.1 Å². The third-order valence-electron chi connectivity index (χ3n) is 1.14. The Bertz CT molecular complexity index is 358. The lowest BCUT2D eigenvalue weighted by molar-refractivity contribution is -0.274. The van der Waals surface area contributed by atoms with Crippen LogP contribution in [-0.2, 0) is 0 Å². The largest absolute Gasteiger partial charge is 0.573 e. The molecule has 1 aromatic heterocycles. The molecule has 0 aliphatic rings. The molecule has 3 N–H and O–H groups in total. The Labute approximate surface area is 70.1 Å². The van der Waals surface area contributed by atoms with E-state index >= 15 is 0 Å². The van der Waals surface area contributed by atoms with Crippen molar-refractivity contribution in [3.05, 3.63) is 22.6 Å². The summed E-state index contributed by atoms with van der Waals surface area (Å²) in [6.07, 6.45) is -4.00. The molecule has 72 valence electrons. The normalized spacial score (nSPS) is 11.3. The molecule has 0 aliphatic carbocycles. The molecule has 0 aliphatic heterocycles. The zero-order valence-electron chi connectivity index (χ0n) is 6.18. The average Bonchev–Trinajstić information content (AvgIpc) is 1.94. The van der Waals surface area contributed by atoms with Crippen LogP contribution in [0.1, 0.15) is 0 Å². The Hall–Kier alpha value is -1.66. The van der Waals surface area contributed by atoms with Crippen molar-refractivity contribution in [2.24, 2.45) is 0 Å². The molecule has 1 rings (SSSR count). The first-order valence-corrected chi connectivity index (χ1v) is 3.12. The monoisotopic (exact) mass is 194 g/mol. The molecule has 1 aromatic rings. The summed E-state index contributed by atoms with van der Waals surface area (Å²) >= 11 is 0. The second kappa shape index (κ2) is 3.00. The van der Waals surface area contributed by atoms with Crippen molar-refractivity contribution in [2.75, 3.05) is 5.73 Å². The minimum absolute atomic E-state index is 0.332. The highest BCUT2D eigenvalue weighted by atomic mass is 19.4. The topological polar surface area (TPSA) is 68.1 Å². The first-order chi connectivity index (χ1) is 5.88. The molecule has 7 heteroatoms. The summed E-state index contributed by atoms with van der Waals surface area (Å²) in [5, 5.41) is 0. The molecule has 0 saturated carbocycles. The van der Waals surface area contributed by atoms with Crippen LogP contribution in [0.3, 0.4) is 0 Å².